The molecule has 148 valence electrons. The van der Waals surface area contributed by atoms with Gasteiger partial charge in [0.2, 0.25) is 0 Å². The molecule has 2 aromatic carbocycles. The van der Waals surface area contributed by atoms with Crippen molar-refractivity contribution in [2.24, 2.45) is 5.10 Å². The van der Waals surface area contributed by atoms with E-state index in [1.54, 1.807) is 42.5 Å². The van der Waals surface area contributed by atoms with Crippen molar-refractivity contribution >= 4 is 41.0 Å². The van der Waals surface area contributed by atoms with Gasteiger partial charge >= 0.3 is 0 Å². The second kappa shape index (κ2) is 9.22. The fraction of sp³-hybridized carbons (Fsp3) is 0.0526. The molecule has 10 heteroatoms. The molecule has 0 spiro atoms. The SMILES string of the molecule is O=C(COc1ccc(Cl)cc1Cl)N/N=C\c1ccc(-c2ccccc2[N+](=O)[O-])o1. The number of amides is 1. The summed E-state index contributed by atoms with van der Waals surface area (Å²) in [7, 11) is 0. The molecule has 0 bridgehead atoms. The molecule has 1 amide bonds. The molecule has 0 fully saturated rings. The van der Waals surface area contributed by atoms with Crippen LogP contribution in [0.25, 0.3) is 11.3 Å². The van der Waals surface area contributed by atoms with Crippen LogP contribution in [0.15, 0.2) is 64.1 Å². The van der Waals surface area contributed by atoms with Gasteiger partial charge in [0.25, 0.3) is 11.6 Å². The Kier molecular flexibility index (Phi) is 6.48. The summed E-state index contributed by atoms with van der Waals surface area (Å²) in [5.41, 5.74) is 2.55. The predicted molar refractivity (Wildman–Crippen MR) is 108 cm³/mol. The molecule has 0 saturated carbocycles. The number of nitrogens with one attached hydrogen (secondary N) is 1. The molecule has 1 N–H and O–H groups in total. The summed E-state index contributed by atoms with van der Waals surface area (Å²) >= 11 is 11.7. The number of carbonyl (C=O) groups excluding carboxylic acids is 1. The molecule has 8 nitrogen and oxygen atoms in total. The maximum Gasteiger partial charge on any atom is 0.280 e. The number of hydrazone groups is 1. The molecule has 0 saturated heterocycles. The average molecular weight is 434 g/mol. The van der Waals surface area contributed by atoms with Crippen LogP contribution in [-0.2, 0) is 4.79 Å². The molecule has 3 rings (SSSR count). The normalized spacial score (nSPS) is 10.8. The number of benzene rings is 2. The Morgan fingerprint density at radius 3 is 2.76 bits per heavy atom. The van der Waals surface area contributed by atoms with Crippen LogP contribution in [0, 0.1) is 10.1 Å². The van der Waals surface area contributed by atoms with Crippen molar-refractivity contribution in [2.75, 3.05) is 6.61 Å². The van der Waals surface area contributed by atoms with Crippen molar-refractivity contribution in [3.05, 3.63) is 80.5 Å². The standard InChI is InChI=1S/C19H13Cl2N3O5/c20-12-5-7-18(15(21)9-12)28-11-19(25)23-22-10-13-6-8-17(29-13)14-3-1-2-4-16(14)24(26)27/h1-10H,11H2,(H,23,25)/b22-10-. The first-order chi connectivity index (χ1) is 13.9. The van der Waals surface area contributed by atoms with E-state index in [4.69, 9.17) is 32.4 Å². The molecule has 0 atom stereocenters. The number of carbonyl (C=O) groups is 1. The van der Waals surface area contributed by atoms with E-state index < -0.39 is 10.8 Å². The molecular weight excluding hydrogens is 421 g/mol. The second-order valence-corrected chi connectivity index (χ2v) is 6.48. The molecule has 1 aromatic heterocycles. The van der Waals surface area contributed by atoms with E-state index in [0.29, 0.717) is 27.9 Å². The number of nitro benzene ring substituents is 1. The number of nitro groups is 1. The number of hydrogen-bond acceptors (Lipinski definition) is 6. The van der Waals surface area contributed by atoms with Gasteiger partial charge in [0.15, 0.2) is 6.61 Å². The van der Waals surface area contributed by atoms with E-state index in [-0.39, 0.29) is 17.3 Å². The molecule has 0 radical (unpaired) electrons. The predicted octanol–water partition coefficient (Wildman–Crippen LogP) is 4.69. The Balaban J connectivity index is 1.57. The van der Waals surface area contributed by atoms with Crippen LogP contribution in [0.4, 0.5) is 5.69 Å². The summed E-state index contributed by atoms with van der Waals surface area (Å²) in [6.45, 7) is -0.307. The second-order valence-electron chi connectivity index (χ2n) is 5.63. The fourth-order valence-electron chi connectivity index (χ4n) is 2.34. The van der Waals surface area contributed by atoms with Gasteiger partial charge in [-0.05, 0) is 36.4 Å². The highest BCUT2D eigenvalue weighted by Gasteiger charge is 2.16. The van der Waals surface area contributed by atoms with Gasteiger partial charge in [-0.3, -0.25) is 14.9 Å². The summed E-state index contributed by atoms with van der Waals surface area (Å²) in [6.07, 6.45) is 1.27. The highest BCUT2D eigenvalue weighted by molar-refractivity contribution is 6.35. The number of para-hydroxylation sites is 1. The summed E-state index contributed by atoms with van der Waals surface area (Å²) in [5.74, 6) is 0.416. The Bertz CT molecular complexity index is 1080. The number of hydrogen-bond donors (Lipinski definition) is 1. The van der Waals surface area contributed by atoms with Gasteiger partial charge in [-0.15, -0.1) is 0 Å². The summed E-state index contributed by atoms with van der Waals surface area (Å²) in [6, 6.07) is 14.0. The quantitative estimate of drug-likeness (QED) is 0.330. The zero-order chi connectivity index (χ0) is 20.8. The lowest BCUT2D eigenvalue weighted by atomic mass is 10.1. The van der Waals surface area contributed by atoms with Crippen LogP contribution in [0.2, 0.25) is 10.0 Å². The van der Waals surface area contributed by atoms with E-state index in [1.807, 2.05) is 0 Å². The number of rotatable bonds is 7. The first-order valence-electron chi connectivity index (χ1n) is 8.17. The van der Waals surface area contributed by atoms with Gasteiger partial charge in [-0.2, -0.15) is 5.10 Å². The minimum Gasteiger partial charge on any atom is -0.482 e. The van der Waals surface area contributed by atoms with Crippen molar-refractivity contribution in [3.8, 4) is 17.1 Å². The lowest BCUT2D eigenvalue weighted by molar-refractivity contribution is -0.384. The molecular formula is C19H13Cl2N3O5. The van der Waals surface area contributed by atoms with Crippen molar-refractivity contribution in [2.45, 2.75) is 0 Å². The summed E-state index contributed by atoms with van der Waals surface area (Å²) in [4.78, 5) is 22.4. The number of ether oxygens (including phenoxy) is 1. The lowest BCUT2D eigenvalue weighted by Crippen LogP contribution is -2.24. The van der Waals surface area contributed by atoms with Crippen molar-refractivity contribution < 1.29 is 18.9 Å². The molecule has 0 unspecified atom stereocenters. The third-order valence-corrected chi connectivity index (χ3v) is 4.16. The van der Waals surface area contributed by atoms with Gasteiger partial charge < -0.3 is 9.15 Å². The van der Waals surface area contributed by atoms with Gasteiger partial charge in [-0.25, -0.2) is 5.43 Å². The Morgan fingerprint density at radius 1 is 1.21 bits per heavy atom. The molecule has 0 aliphatic rings. The largest absolute Gasteiger partial charge is 0.482 e. The number of halogens is 2. The first kappa shape index (κ1) is 20.4. The molecule has 29 heavy (non-hydrogen) atoms. The Labute approximate surface area is 174 Å². The van der Waals surface area contributed by atoms with Crippen LogP contribution in [0.1, 0.15) is 5.76 Å². The zero-order valence-corrected chi connectivity index (χ0v) is 16.2. The van der Waals surface area contributed by atoms with Gasteiger partial charge in [-0.1, -0.05) is 35.3 Å². The van der Waals surface area contributed by atoms with E-state index in [2.05, 4.69) is 10.5 Å². The molecule has 0 aliphatic carbocycles. The van der Waals surface area contributed by atoms with Crippen molar-refractivity contribution in [1.82, 2.24) is 5.43 Å². The third kappa shape index (κ3) is 5.34. The maximum atomic E-state index is 11.8. The van der Waals surface area contributed by atoms with E-state index in [0.717, 1.165) is 0 Å². The Hall–Kier alpha value is -3.36. The average Bonchev–Trinajstić information content (AvgIpc) is 3.16. The van der Waals surface area contributed by atoms with Gasteiger partial charge in [0.05, 0.1) is 21.7 Å². The number of nitrogens with zero attached hydrogens (tertiary/aromatic N) is 2. The van der Waals surface area contributed by atoms with E-state index in [1.165, 1.54) is 18.3 Å². The minimum atomic E-state index is -0.516. The van der Waals surface area contributed by atoms with Gasteiger partial charge in [0, 0.05) is 11.1 Å². The zero-order valence-electron chi connectivity index (χ0n) is 14.7. The van der Waals surface area contributed by atoms with Crippen molar-refractivity contribution in [3.63, 3.8) is 0 Å². The van der Waals surface area contributed by atoms with Crippen LogP contribution >= 0.6 is 23.2 Å². The maximum absolute atomic E-state index is 11.8. The molecule has 0 aliphatic heterocycles. The number of furan rings is 1. The highest BCUT2D eigenvalue weighted by atomic mass is 35.5. The smallest absolute Gasteiger partial charge is 0.280 e. The fourth-order valence-corrected chi connectivity index (χ4v) is 2.81. The van der Waals surface area contributed by atoms with Gasteiger partial charge in [0.1, 0.15) is 17.3 Å². The molecule has 3 aromatic rings. The summed E-state index contributed by atoms with van der Waals surface area (Å²) in [5, 5.41) is 15.6. The van der Waals surface area contributed by atoms with Crippen molar-refractivity contribution in [1.29, 1.82) is 0 Å². The summed E-state index contributed by atoms with van der Waals surface area (Å²) < 4.78 is 10.8. The topological polar surface area (TPSA) is 107 Å². The lowest BCUT2D eigenvalue weighted by Gasteiger charge is -2.06. The van der Waals surface area contributed by atoms with Crippen LogP contribution < -0.4 is 10.2 Å². The van der Waals surface area contributed by atoms with Crippen LogP contribution in [0.5, 0.6) is 5.75 Å². The monoisotopic (exact) mass is 433 g/mol. The van der Waals surface area contributed by atoms with E-state index in [9.17, 15) is 14.9 Å². The molecule has 1 heterocycles. The third-order valence-electron chi connectivity index (χ3n) is 3.63. The highest BCUT2D eigenvalue weighted by Crippen LogP contribution is 2.30. The van der Waals surface area contributed by atoms with Crippen LogP contribution in [0.3, 0.4) is 0 Å². The Morgan fingerprint density at radius 2 is 2.00 bits per heavy atom. The van der Waals surface area contributed by atoms with E-state index >= 15 is 0 Å². The van der Waals surface area contributed by atoms with Crippen LogP contribution in [-0.4, -0.2) is 23.7 Å². The first-order valence-corrected chi connectivity index (χ1v) is 8.93. The minimum absolute atomic E-state index is 0.0725.